The fourth-order valence-corrected chi connectivity index (χ4v) is 2.52. The van der Waals surface area contributed by atoms with Gasteiger partial charge in [-0.1, -0.05) is 6.58 Å². The topological polar surface area (TPSA) is 99.1 Å². The average molecular weight is 412 g/mol. The van der Waals surface area contributed by atoms with Crippen LogP contribution in [0.25, 0.3) is 0 Å². The monoisotopic (exact) mass is 412 g/mol. The van der Waals surface area contributed by atoms with E-state index in [1.807, 2.05) is 0 Å². The van der Waals surface area contributed by atoms with Crippen LogP contribution in [0.3, 0.4) is 0 Å². The second kappa shape index (κ2) is 12.1. The van der Waals surface area contributed by atoms with Crippen molar-refractivity contribution < 1.29 is 33.7 Å². The minimum Gasteiger partial charge on any atom is -0.507 e. The number of aldehydes is 1. The van der Waals surface area contributed by atoms with Crippen molar-refractivity contribution in [2.45, 2.75) is 25.7 Å². The van der Waals surface area contributed by atoms with E-state index in [4.69, 9.17) is 14.2 Å². The van der Waals surface area contributed by atoms with Crippen LogP contribution in [0.4, 0.5) is 0 Å². The third-order valence-corrected chi connectivity index (χ3v) is 4.14. The second-order valence-electron chi connectivity index (χ2n) is 6.39. The largest absolute Gasteiger partial charge is 0.507 e. The van der Waals surface area contributed by atoms with E-state index in [0.29, 0.717) is 30.8 Å². The first kappa shape index (κ1) is 22.7. The maximum absolute atomic E-state index is 12.2. The molecular formula is C23H24O7. The molecule has 2 aromatic carbocycles. The molecule has 7 nitrogen and oxygen atoms in total. The molecule has 2 aromatic rings. The Balaban J connectivity index is 1.70. The second-order valence-corrected chi connectivity index (χ2v) is 6.39. The van der Waals surface area contributed by atoms with Crippen molar-refractivity contribution in [3.8, 4) is 17.2 Å². The molecule has 0 heterocycles. The standard InChI is InChI=1S/C23H24O7/c1-2-22(26)29-14-6-4-3-5-13-28-19-9-7-17(8-10-19)23(27)30-20-11-12-21(25)18(15-20)16-24/h2,7-12,15-16,25H,1,3-6,13-14H2. The number of rotatable bonds is 12. The van der Waals surface area contributed by atoms with Crippen molar-refractivity contribution >= 4 is 18.2 Å². The molecule has 0 aliphatic carbocycles. The summed E-state index contributed by atoms with van der Waals surface area (Å²) in [5.74, 6) is -0.359. The van der Waals surface area contributed by atoms with Gasteiger partial charge in [0, 0.05) is 6.08 Å². The Bertz CT molecular complexity index is 872. The first-order valence-corrected chi connectivity index (χ1v) is 9.56. The molecule has 0 unspecified atom stereocenters. The third-order valence-electron chi connectivity index (χ3n) is 4.14. The summed E-state index contributed by atoms with van der Waals surface area (Å²) >= 11 is 0. The van der Waals surface area contributed by atoms with E-state index >= 15 is 0 Å². The van der Waals surface area contributed by atoms with Crippen LogP contribution in [0.2, 0.25) is 0 Å². The summed E-state index contributed by atoms with van der Waals surface area (Å²) in [5.41, 5.74) is 0.374. The molecule has 0 bridgehead atoms. The van der Waals surface area contributed by atoms with Gasteiger partial charge in [0.2, 0.25) is 0 Å². The molecule has 7 heteroatoms. The number of hydrogen-bond donors (Lipinski definition) is 1. The highest BCUT2D eigenvalue weighted by molar-refractivity contribution is 5.91. The normalized spacial score (nSPS) is 10.1. The van der Waals surface area contributed by atoms with Gasteiger partial charge < -0.3 is 19.3 Å². The molecule has 0 spiro atoms. The number of carbonyl (C=O) groups is 3. The first-order valence-electron chi connectivity index (χ1n) is 9.56. The molecule has 0 aliphatic heterocycles. The molecule has 158 valence electrons. The number of aromatic hydroxyl groups is 1. The lowest BCUT2D eigenvalue weighted by atomic mass is 10.2. The van der Waals surface area contributed by atoms with Gasteiger partial charge in [-0.3, -0.25) is 4.79 Å². The number of benzene rings is 2. The molecule has 0 saturated heterocycles. The zero-order valence-corrected chi connectivity index (χ0v) is 16.5. The van der Waals surface area contributed by atoms with E-state index in [1.165, 1.54) is 18.2 Å². The Labute approximate surface area is 174 Å². The summed E-state index contributed by atoms with van der Waals surface area (Å²) in [7, 11) is 0. The molecule has 0 aromatic heterocycles. The molecule has 0 radical (unpaired) electrons. The summed E-state index contributed by atoms with van der Waals surface area (Å²) in [6.07, 6.45) is 5.17. The first-order chi connectivity index (χ1) is 14.5. The van der Waals surface area contributed by atoms with E-state index in [0.717, 1.165) is 31.8 Å². The molecule has 1 N–H and O–H groups in total. The highest BCUT2D eigenvalue weighted by Gasteiger charge is 2.10. The van der Waals surface area contributed by atoms with Gasteiger partial charge in [0.15, 0.2) is 6.29 Å². The van der Waals surface area contributed by atoms with E-state index in [1.54, 1.807) is 24.3 Å². The molecule has 30 heavy (non-hydrogen) atoms. The smallest absolute Gasteiger partial charge is 0.343 e. The van der Waals surface area contributed by atoms with Gasteiger partial charge in [0.1, 0.15) is 17.2 Å². The average Bonchev–Trinajstić information content (AvgIpc) is 2.77. The molecule has 0 aliphatic rings. The zero-order valence-electron chi connectivity index (χ0n) is 16.5. The highest BCUT2D eigenvalue weighted by atomic mass is 16.5. The van der Waals surface area contributed by atoms with Gasteiger partial charge in [0.25, 0.3) is 0 Å². The third kappa shape index (κ3) is 7.43. The molecule has 0 fully saturated rings. The Morgan fingerprint density at radius 2 is 1.60 bits per heavy atom. The maximum atomic E-state index is 12.2. The van der Waals surface area contributed by atoms with Gasteiger partial charge in [-0.05, 0) is 68.1 Å². The summed E-state index contributed by atoms with van der Waals surface area (Å²) < 4.78 is 15.8. The van der Waals surface area contributed by atoms with Crippen molar-refractivity contribution in [1.29, 1.82) is 0 Å². The molecule has 0 atom stereocenters. The van der Waals surface area contributed by atoms with Crippen molar-refractivity contribution in [1.82, 2.24) is 0 Å². The molecule has 2 rings (SSSR count). The summed E-state index contributed by atoms with van der Waals surface area (Å²) in [4.78, 5) is 33.9. The SMILES string of the molecule is C=CC(=O)OCCCCCCOc1ccc(C(=O)Oc2ccc(O)c(C=O)c2)cc1. The van der Waals surface area contributed by atoms with E-state index < -0.39 is 11.9 Å². The molecular weight excluding hydrogens is 388 g/mol. The number of phenols is 1. The Hall–Kier alpha value is -3.61. The summed E-state index contributed by atoms with van der Waals surface area (Å²) in [6.45, 7) is 4.27. The highest BCUT2D eigenvalue weighted by Crippen LogP contribution is 2.22. The van der Waals surface area contributed by atoms with Crippen molar-refractivity contribution in [2.75, 3.05) is 13.2 Å². The van der Waals surface area contributed by atoms with E-state index in [9.17, 15) is 19.5 Å². The quantitative estimate of drug-likeness (QED) is 0.184. The number of ether oxygens (including phenoxy) is 3. The zero-order chi connectivity index (χ0) is 21.8. The van der Waals surface area contributed by atoms with Crippen LogP contribution in [0, 0.1) is 0 Å². The lowest BCUT2D eigenvalue weighted by molar-refractivity contribution is -0.137. The minimum atomic E-state index is -0.582. The number of unbranched alkanes of at least 4 members (excludes halogenated alkanes) is 3. The number of carbonyl (C=O) groups excluding carboxylic acids is 3. The van der Waals surface area contributed by atoms with Crippen LogP contribution in [-0.2, 0) is 9.53 Å². The van der Waals surface area contributed by atoms with Gasteiger partial charge in [-0.2, -0.15) is 0 Å². The van der Waals surface area contributed by atoms with E-state index in [-0.39, 0.29) is 17.1 Å². The lowest BCUT2D eigenvalue weighted by Crippen LogP contribution is -2.08. The summed E-state index contributed by atoms with van der Waals surface area (Å²) in [6, 6.07) is 10.5. The van der Waals surface area contributed by atoms with Gasteiger partial charge in [-0.25, -0.2) is 9.59 Å². The maximum Gasteiger partial charge on any atom is 0.343 e. The molecule has 0 saturated carbocycles. The Kier molecular flexibility index (Phi) is 9.12. The van der Waals surface area contributed by atoms with Crippen LogP contribution < -0.4 is 9.47 Å². The number of phenolic OH excluding ortho intramolecular Hbond substituents is 1. The number of esters is 2. The van der Waals surface area contributed by atoms with Gasteiger partial charge in [0.05, 0.1) is 24.3 Å². The predicted octanol–water partition coefficient (Wildman–Crippen LogP) is 4.09. The minimum absolute atomic E-state index is 0.0434. The fraction of sp³-hybridized carbons (Fsp3) is 0.261. The van der Waals surface area contributed by atoms with E-state index in [2.05, 4.69) is 6.58 Å². The van der Waals surface area contributed by atoms with Crippen molar-refractivity contribution in [2.24, 2.45) is 0 Å². The van der Waals surface area contributed by atoms with Crippen LogP contribution in [-0.4, -0.2) is 36.5 Å². The lowest BCUT2D eigenvalue weighted by Gasteiger charge is -2.08. The van der Waals surface area contributed by atoms with Gasteiger partial charge >= 0.3 is 11.9 Å². The summed E-state index contributed by atoms with van der Waals surface area (Å²) in [5, 5.41) is 9.48. The van der Waals surface area contributed by atoms with Crippen LogP contribution in [0.5, 0.6) is 17.2 Å². The van der Waals surface area contributed by atoms with Crippen molar-refractivity contribution in [3.05, 3.63) is 66.2 Å². The van der Waals surface area contributed by atoms with Crippen molar-refractivity contribution in [3.63, 3.8) is 0 Å². The predicted molar refractivity (Wildman–Crippen MR) is 110 cm³/mol. The Morgan fingerprint density at radius 1 is 0.933 bits per heavy atom. The van der Waals surface area contributed by atoms with Crippen LogP contribution in [0.1, 0.15) is 46.4 Å². The fourth-order valence-electron chi connectivity index (χ4n) is 2.52. The Morgan fingerprint density at radius 3 is 2.27 bits per heavy atom. The van der Waals surface area contributed by atoms with Gasteiger partial charge in [-0.15, -0.1) is 0 Å². The van der Waals surface area contributed by atoms with Crippen LogP contribution >= 0.6 is 0 Å². The molecule has 0 amide bonds. The number of hydrogen-bond acceptors (Lipinski definition) is 7. The van der Waals surface area contributed by atoms with Crippen LogP contribution in [0.15, 0.2) is 55.1 Å².